The van der Waals surface area contributed by atoms with Gasteiger partial charge in [-0.2, -0.15) is 0 Å². The summed E-state index contributed by atoms with van der Waals surface area (Å²) in [5, 5.41) is 0. The molecule has 0 radical (unpaired) electrons. The van der Waals surface area contributed by atoms with Gasteiger partial charge in [0, 0.05) is 6.20 Å². The zero-order valence-electron chi connectivity index (χ0n) is 5.14. The van der Waals surface area contributed by atoms with Gasteiger partial charge >= 0.3 is 0 Å². The van der Waals surface area contributed by atoms with Gasteiger partial charge < -0.3 is 10.7 Å². The van der Waals surface area contributed by atoms with Crippen molar-refractivity contribution in [2.45, 2.75) is 6.92 Å². The lowest BCUT2D eigenvalue weighted by Gasteiger charge is -1.88. The molecule has 0 atom stereocenters. The van der Waals surface area contributed by atoms with Crippen LogP contribution in [-0.2, 0) is 0 Å². The third-order valence-electron chi connectivity index (χ3n) is 1.16. The number of nitrogen functional groups attached to an aromatic ring is 1. The molecule has 0 saturated heterocycles. The van der Waals surface area contributed by atoms with Crippen LogP contribution in [0.15, 0.2) is 12.3 Å². The summed E-state index contributed by atoms with van der Waals surface area (Å²) in [7, 11) is 0. The van der Waals surface area contributed by atoms with Crippen LogP contribution in [0.25, 0.3) is 0 Å². The molecule has 0 aliphatic carbocycles. The number of carbonyl (C=O) groups excluding carboxylic acids is 1. The molecule has 1 aromatic rings. The quantitative estimate of drug-likeness (QED) is 0.544. The lowest BCUT2D eigenvalue weighted by atomic mass is 10.2. The van der Waals surface area contributed by atoms with Crippen LogP contribution >= 0.6 is 0 Å². The number of Topliss-reactive ketones (excluding diaryl/α,β-unsaturated/α-hetero) is 1. The molecule has 1 heterocycles. The SMILES string of the molecule is CC(=O)c1cc[nH]c1N. The first-order valence-electron chi connectivity index (χ1n) is 2.65. The van der Waals surface area contributed by atoms with Gasteiger partial charge in [0.1, 0.15) is 5.82 Å². The first kappa shape index (κ1) is 5.88. The van der Waals surface area contributed by atoms with Crippen molar-refractivity contribution in [3.63, 3.8) is 0 Å². The summed E-state index contributed by atoms with van der Waals surface area (Å²) >= 11 is 0. The fourth-order valence-corrected chi connectivity index (χ4v) is 0.689. The lowest BCUT2D eigenvalue weighted by Crippen LogP contribution is -1.95. The molecular weight excluding hydrogens is 116 g/mol. The van der Waals surface area contributed by atoms with Crippen LogP contribution in [0.1, 0.15) is 17.3 Å². The van der Waals surface area contributed by atoms with Gasteiger partial charge in [0.05, 0.1) is 5.56 Å². The maximum absolute atomic E-state index is 10.6. The minimum Gasteiger partial charge on any atom is -0.385 e. The number of ketones is 1. The summed E-state index contributed by atoms with van der Waals surface area (Å²) in [6, 6.07) is 1.66. The predicted octanol–water partition coefficient (Wildman–Crippen LogP) is 0.800. The Balaban J connectivity index is 3.08. The summed E-state index contributed by atoms with van der Waals surface area (Å²) in [4.78, 5) is 13.3. The van der Waals surface area contributed by atoms with Crippen LogP contribution in [0, 0.1) is 0 Å². The van der Waals surface area contributed by atoms with E-state index < -0.39 is 0 Å². The van der Waals surface area contributed by atoms with E-state index in [4.69, 9.17) is 5.73 Å². The lowest BCUT2D eigenvalue weighted by molar-refractivity contribution is 0.101. The number of hydrogen-bond donors (Lipinski definition) is 2. The second kappa shape index (κ2) is 1.93. The molecule has 3 heteroatoms. The average molecular weight is 124 g/mol. The Morgan fingerprint density at radius 1 is 1.78 bits per heavy atom. The van der Waals surface area contributed by atoms with Crippen LogP contribution < -0.4 is 5.73 Å². The van der Waals surface area contributed by atoms with Crippen molar-refractivity contribution in [3.8, 4) is 0 Å². The highest BCUT2D eigenvalue weighted by molar-refractivity contribution is 5.98. The predicted molar refractivity (Wildman–Crippen MR) is 35.2 cm³/mol. The van der Waals surface area contributed by atoms with E-state index in [2.05, 4.69) is 4.98 Å². The minimum absolute atomic E-state index is 0.00579. The van der Waals surface area contributed by atoms with Crippen molar-refractivity contribution in [3.05, 3.63) is 17.8 Å². The van der Waals surface area contributed by atoms with E-state index in [1.54, 1.807) is 12.3 Å². The maximum atomic E-state index is 10.6. The molecular formula is C6H8N2O. The molecule has 0 aliphatic rings. The highest BCUT2D eigenvalue weighted by atomic mass is 16.1. The van der Waals surface area contributed by atoms with E-state index in [0.717, 1.165) is 0 Å². The van der Waals surface area contributed by atoms with Gasteiger partial charge in [-0.3, -0.25) is 4.79 Å². The molecule has 3 nitrogen and oxygen atoms in total. The topological polar surface area (TPSA) is 58.9 Å². The molecule has 0 aromatic carbocycles. The molecule has 0 amide bonds. The van der Waals surface area contributed by atoms with Crippen LogP contribution in [-0.4, -0.2) is 10.8 Å². The first-order chi connectivity index (χ1) is 4.22. The first-order valence-corrected chi connectivity index (χ1v) is 2.65. The maximum Gasteiger partial charge on any atom is 0.163 e. The molecule has 9 heavy (non-hydrogen) atoms. The van der Waals surface area contributed by atoms with Gasteiger partial charge in [-0.25, -0.2) is 0 Å². The van der Waals surface area contributed by atoms with E-state index >= 15 is 0 Å². The van der Waals surface area contributed by atoms with Crippen molar-refractivity contribution in [2.24, 2.45) is 0 Å². The van der Waals surface area contributed by atoms with Gasteiger partial charge in [-0.1, -0.05) is 0 Å². The normalized spacial score (nSPS) is 9.44. The number of rotatable bonds is 1. The molecule has 3 N–H and O–H groups in total. The Bertz CT molecular complexity index is 227. The Kier molecular flexibility index (Phi) is 1.26. The largest absolute Gasteiger partial charge is 0.385 e. The number of carbonyl (C=O) groups is 1. The van der Waals surface area contributed by atoms with Crippen molar-refractivity contribution in [2.75, 3.05) is 5.73 Å². The van der Waals surface area contributed by atoms with Crippen LogP contribution in [0.5, 0.6) is 0 Å². The molecule has 0 aliphatic heterocycles. The van der Waals surface area contributed by atoms with Gasteiger partial charge in [-0.05, 0) is 13.0 Å². The smallest absolute Gasteiger partial charge is 0.163 e. The second-order valence-electron chi connectivity index (χ2n) is 1.86. The Hall–Kier alpha value is -1.25. The molecule has 1 aromatic heterocycles. The van der Waals surface area contributed by atoms with Crippen LogP contribution in [0.3, 0.4) is 0 Å². The third kappa shape index (κ3) is 0.937. The Morgan fingerprint density at radius 2 is 2.44 bits per heavy atom. The Morgan fingerprint density at radius 3 is 2.67 bits per heavy atom. The number of hydrogen-bond acceptors (Lipinski definition) is 2. The van der Waals surface area contributed by atoms with Crippen LogP contribution in [0.2, 0.25) is 0 Å². The van der Waals surface area contributed by atoms with Crippen molar-refractivity contribution in [1.29, 1.82) is 0 Å². The summed E-state index contributed by atoms with van der Waals surface area (Å²) in [6.07, 6.45) is 1.64. The monoisotopic (exact) mass is 124 g/mol. The highest BCUT2D eigenvalue weighted by Gasteiger charge is 2.02. The number of anilines is 1. The second-order valence-corrected chi connectivity index (χ2v) is 1.86. The van der Waals surface area contributed by atoms with Gasteiger partial charge in [0.15, 0.2) is 5.78 Å². The average Bonchev–Trinajstić information content (AvgIpc) is 2.13. The van der Waals surface area contributed by atoms with Crippen molar-refractivity contribution in [1.82, 2.24) is 4.98 Å². The van der Waals surface area contributed by atoms with Gasteiger partial charge in [0.25, 0.3) is 0 Å². The molecule has 0 saturated carbocycles. The van der Waals surface area contributed by atoms with E-state index in [1.165, 1.54) is 6.92 Å². The number of H-pyrrole nitrogens is 1. The molecule has 48 valence electrons. The molecule has 0 spiro atoms. The minimum atomic E-state index is -0.00579. The van der Waals surface area contributed by atoms with E-state index in [9.17, 15) is 4.79 Å². The fraction of sp³-hybridized carbons (Fsp3) is 0.167. The van der Waals surface area contributed by atoms with Gasteiger partial charge in [0.2, 0.25) is 0 Å². The fourth-order valence-electron chi connectivity index (χ4n) is 0.689. The van der Waals surface area contributed by atoms with E-state index in [-0.39, 0.29) is 5.78 Å². The van der Waals surface area contributed by atoms with E-state index in [0.29, 0.717) is 11.4 Å². The third-order valence-corrected chi connectivity index (χ3v) is 1.16. The van der Waals surface area contributed by atoms with Gasteiger partial charge in [-0.15, -0.1) is 0 Å². The molecule has 0 unspecified atom stereocenters. The summed E-state index contributed by atoms with van der Waals surface area (Å²) in [6.45, 7) is 1.49. The molecule has 1 rings (SSSR count). The number of aromatic amines is 1. The Labute approximate surface area is 52.9 Å². The van der Waals surface area contributed by atoms with Crippen molar-refractivity contribution < 1.29 is 4.79 Å². The zero-order chi connectivity index (χ0) is 6.85. The number of nitrogens with two attached hydrogens (primary N) is 1. The van der Waals surface area contributed by atoms with E-state index in [1.807, 2.05) is 0 Å². The molecule has 0 fully saturated rings. The van der Waals surface area contributed by atoms with Crippen LogP contribution in [0.4, 0.5) is 5.82 Å². The summed E-state index contributed by atoms with van der Waals surface area (Å²) < 4.78 is 0. The summed E-state index contributed by atoms with van der Waals surface area (Å²) in [5.74, 6) is 0.441. The number of aromatic nitrogens is 1. The molecule has 0 bridgehead atoms. The number of nitrogens with one attached hydrogen (secondary N) is 1. The van der Waals surface area contributed by atoms with Crippen molar-refractivity contribution >= 4 is 11.6 Å². The standard InChI is InChI=1S/C6H8N2O/c1-4(9)5-2-3-8-6(5)7/h2-3,8H,7H2,1H3. The highest BCUT2D eigenvalue weighted by Crippen LogP contribution is 2.07. The zero-order valence-corrected chi connectivity index (χ0v) is 5.14. The summed E-state index contributed by atoms with van der Waals surface area (Å²) in [5.41, 5.74) is 5.93.